The van der Waals surface area contributed by atoms with E-state index in [0.29, 0.717) is 0 Å². The third-order valence-corrected chi connectivity index (χ3v) is 3.39. The third-order valence-electron chi connectivity index (χ3n) is 3.39. The first-order valence-corrected chi connectivity index (χ1v) is 6.66. The van der Waals surface area contributed by atoms with Crippen molar-refractivity contribution in [1.82, 2.24) is 9.80 Å². The molecule has 0 spiro atoms. The molecule has 1 aliphatic heterocycles. The van der Waals surface area contributed by atoms with Gasteiger partial charge in [-0.2, -0.15) is 0 Å². The molecule has 0 aromatic rings. The molecule has 1 fully saturated rings. The van der Waals surface area contributed by atoms with E-state index in [0.717, 1.165) is 18.9 Å². The van der Waals surface area contributed by atoms with Crippen molar-refractivity contribution < 1.29 is 5.11 Å². The van der Waals surface area contributed by atoms with E-state index in [1.54, 1.807) is 0 Å². The minimum absolute atomic E-state index is 0.129. The van der Waals surface area contributed by atoms with Crippen molar-refractivity contribution in [3.63, 3.8) is 0 Å². The zero-order chi connectivity index (χ0) is 12.0. The lowest BCUT2D eigenvalue weighted by Gasteiger charge is -2.27. The first-order chi connectivity index (χ1) is 7.59. The first kappa shape index (κ1) is 13.9. The standard InChI is InChI=1S/C13H28N2O/c1-12(16)7-4-5-9-15-10-6-8-13(15)11-14(2)3/h12-13,16H,4-11H2,1-3H3. The monoisotopic (exact) mass is 228 g/mol. The molecule has 0 saturated carbocycles. The Labute approximate surface area is 100 Å². The number of likely N-dealkylation sites (N-methyl/N-ethyl adjacent to an activating group) is 1. The molecular formula is C13H28N2O. The van der Waals surface area contributed by atoms with Crippen molar-refractivity contribution in [2.45, 2.75) is 51.2 Å². The van der Waals surface area contributed by atoms with Crippen LogP contribution in [0.2, 0.25) is 0 Å². The third kappa shape index (κ3) is 5.28. The lowest BCUT2D eigenvalue weighted by Crippen LogP contribution is -2.38. The maximum absolute atomic E-state index is 9.20. The van der Waals surface area contributed by atoms with Gasteiger partial charge in [0.25, 0.3) is 0 Å². The van der Waals surface area contributed by atoms with Crippen LogP contribution in [0.5, 0.6) is 0 Å². The van der Waals surface area contributed by atoms with Crippen molar-refractivity contribution in [2.75, 3.05) is 33.7 Å². The Balaban J connectivity index is 2.14. The van der Waals surface area contributed by atoms with Gasteiger partial charge in [0.15, 0.2) is 0 Å². The fraction of sp³-hybridized carbons (Fsp3) is 1.00. The number of nitrogens with zero attached hydrogens (tertiary/aromatic N) is 2. The summed E-state index contributed by atoms with van der Waals surface area (Å²) in [6.07, 6.45) is 5.92. The zero-order valence-electron chi connectivity index (χ0n) is 11.2. The molecule has 3 heteroatoms. The Kier molecular flexibility index (Phi) is 6.32. The second kappa shape index (κ2) is 7.25. The van der Waals surface area contributed by atoms with Crippen LogP contribution in [0.4, 0.5) is 0 Å². The molecule has 0 radical (unpaired) electrons. The van der Waals surface area contributed by atoms with E-state index in [4.69, 9.17) is 0 Å². The molecule has 0 amide bonds. The topological polar surface area (TPSA) is 26.7 Å². The fourth-order valence-corrected chi connectivity index (χ4v) is 2.57. The fourth-order valence-electron chi connectivity index (χ4n) is 2.57. The Hall–Kier alpha value is -0.120. The van der Waals surface area contributed by atoms with E-state index in [2.05, 4.69) is 23.9 Å². The molecule has 0 aromatic carbocycles. The summed E-state index contributed by atoms with van der Waals surface area (Å²) < 4.78 is 0. The van der Waals surface area contributed by atoms with E-state index < -0.39 is 0 Å². The van der Waals surface area contributed by atoms with Crippen molar-refractivity contribution in [3.8, 4) is 0 Å². The Morgan fingerprint density at radius 3 is 2.75 bits per heavy atom. The molecule has 1 N–H and O–H groups in total. The lowest BCUT2D eigenvalue weighted by atomic mass is 10.1. The zero-order valence-corrected chi connectivity index (χ0v) is 11.2. The van der Waals surface area contributed by atoms with Gasteiger partial charge in [0.1, 0.15) is 0 Å². The molecule has 0 bridgehead atoms. The molecule has 1 saturated heterocycles. The summed E-state index contributed by atoms with van der Waals surface area (Å²) in [4.78, 5) is 4.92. The van der Waals surface area contributed by atoms with Crippen LogP contribution in [0, 0.1) is 0 Å². The van der Waals surface area contributed by atoms with Crippen LogP contribution in [-0.2, 0) is 0 Å². The predicted octanol–water partition coefficient (Wildman–Crippen LogP) is 1.56. The molecule has 16 heavy (non-hydrogen) atoms. The molecule has 3 nitrogen and oxygen atoms in total. The average Bonchev–Trinajstić information content (AvgIpc) is 2.59. The van der Waals surface area contributed by atoms with E-state index in [-0.39, 0.29) is 6.10 Å². The van der Waals surface area contributed by atoms with Crippen molar-refractivity contribution in [1.29, 1.82) is 0 Å². The Bertz CT molecular complexity index is 183. The minimum atomic E-state index is -0.129. The second-order valence-electron chi connectivity index (χ2n) is 5.44. The summed E-state index contributed by atoms with van der Waals surface area (Å²) in [6.45, 7) is 5.56. The largest absolute Gasteiger partial charge is 0.393 e. The average molecular weight is 228 g/mol. The Morgan fingerprint density at radius 1 is 1.38 bits per heavy atom. The van der Waals surface area contributed by atoms with Crippen LogP contribution in [0.3, 0.4) is 0 Å². The van der Waals surface area contributed by atoms with Crippen LogP contribution in [-0.4, -0.2) is 60.8 Å². The highest BCUT2D eigenvalue weighted by atomic mass is 16.3. The van der Waals surface area contributed by atoms with Crippen LogP contribution >= 0.6 is 0 Å². The van der Waals surface area contributed by atoms with Gasteiger partial charge in [-0.1, -0.05) is 0 Å². The summed E-state index contributed by atoms with van der Waals surface area (Å²) in [5.74, 6) is 0. The summed E-state index contributed by atoms with van der Waals surface area (Å²) >= 11 is 0. The van der Waals surface area contributed by atoms with Crippen molar-refractivity contribution in [2.24, 2.45) is 0 Å². The first-order valence-electron chi connectivity index (χ1n) is 6.66. The van der Waals surface area contributed by atoms with Gasteiger partial charge in [-0.25, -0.2) is 0 Å². The Morgan fingerprint density at radius 2 is 2.12 bits per heavy atom. The summed E-state index contributed by atoms with van der Waals surface area (Å²) in [6, 6.07) is 0.765. The van der Waals surface area contributed by atoms with Gasteiger partial charge in [-0.15, -0.1) is 0 Å². The van der Waals surface area contributed by atoms with Gasteiger partial charge >= 0.3 is 0 Å². The summed E-state index contributed by atoms with van der Waals surface area (Å²) in [7, 11) is 4.31. The normalized spacial score (nSPS) is 24.2. The number of unbranched alkanes of at least 4 members (excludes halogenated alkanes) is 1. The van der Waals surface area contributed by atoms with Gasteiger partial charge in [-0.3, -0.25) is 4.90 Å². The number of hydrogen-bond acceptors (Lipinski definition) is 3. The molecular weight excluding hydrogens is 200 g/mol. The van der Waals surface area contributed by atoms with E-state index >= 15 is 0 Å². The smallest absolute Gasteiger partial charge is 0.0512 e. The number of rotatable bonds is 7. The van der Waals surface area contributed by atoms with E-state index in [1.807, 2.05) is 6.92 Å². The van der Waals surface area contributed by atoms with E-state index in [1.165, 1.54) is 38.9 Å². The van der Waals surface area contributed by atoms with Crippen LogP contribution < -0.4 is 0 Å². The highest BCUT2D eigenvalue weighted by Crippen LogP contribution is 2.18. The second-order valence-corrected chi connectivity index (χ2v) is 5.44. The highest BCUT2D eigenvalue weighted by Gasteiger charge is 2.23. The highest BCUT2D eigenvalue weighted by molar-refractivity contribution is 4.80. The molecule has 2 unspecified atom stereocenters. The molecule has 1 aliphatic rings. The SMILES string of the molecule is CC(O)CCCCN1CCCC1CN(C)C. The molecule has 1 heterocycles. The maximum atomic E-state index is 9.20. The summed E-state index contributed by atoms with van der Waals surface area (Å²) in [5.41, 5.74) is 0. The predicted molar refractivity (Wildman–Crippen MR) is 68.7 cm³/mol. The quantitative estimate of drug-likeness (QED) is 0.670. The van der Waals surface area contributed by atoms with E-state index in [9.17, 15) is 5.11 Å². The lowest BCUT2D eigenvalue weighted by molar-refractivity contribution is 0.171. The molecule has 0 aliphatic carbocycles. The number of likely N-dealkylation sites (tertiary alicyclic amines) is 1. The van der Waals surface area contributed by atoms with Gasteiger partial charge < -0.3 is 10.0 Å². The van der Waals surface area contributed by atoms with Crippen LogP contribution in [0.1, 0.15) is 39.0 Å². The number of aliphatic hydroxyl groups is 1. The molecule has 2 atom stereocenters. The van der Waals surface area contributed by atoms with Gasteiger partial charge in [0.2, 0.25) is 0 Å². The van der Waals surface area contributed by atoms with Crippen LogP contribution in [0.25, 0.3) is 0 Å². The van der Waals surface area contributed by atoms with Gasteiger partial charge in [-0.05, 0) is 66.2 Å². The van der Waals surface area contributed by atoms with Gasteiger partial charge in [0.05, 0.1) is 6.10 Å². The summed E-state index contributed by atoms with van der Waals surface area (Å²) in [5, 5.41) is 9.20. The van der Waals surface area contributed by atoms with Gasteiger partial charge in [0, 0.05) is 12.6 Å². The number of aliphatic hydroxyl groups excluding tert-OH is 1. The minimum Gasteiger partial charge on any atom is -0.393 e. The molecule has 0 aromatic heterocycles. The molecule has 96 valence electrons. The molecule has 1 rings (SSSR count). The maximum Gasteiger partial charge on any atom is 0.0512 e. The van der Waals surface area contributed by atoms with Crippen LogP contribution in [0.15, 0.2) is 0 Å². The van der Waals surface area contributed by atoms with Crippen molar-refractivity contribution >= 4 is 0 Å². The van der Waals surface area contributed by atoms with Crippen molar-refractivity contribution in [3.05, 3.63) is 0 Å². The number of hydrogen-bond donors (Lipinski definition) is 1.